The molecule has 0 aliphatic rings. The van der Waals surface area contributed by atoms with E-state index in [-0.39, 0.29) is 5.91 Å². The van der Waals surface area contributed by atoms with Crippen LogP contribution in [0.15, 0.2) is 73.1 Å². The summed E-state index contributed by atoms with van der Waals surface area (Å²) in [5.41, 5.74) is 7.39. The van der Waals surface area contributed by atoms with Crippen LogP contribution in [0, 0.1) is 0 Å². The van der Waals surface area contributed by atoms with E-state index in [9.17, 15) is 9.59 Å². The van der Waals surface area contributed by atoms with Crippen molar-refractivity contribution in [2.75, 3.05) is 7.05 Å². The quantitative estimate of drug-likeness (QED) is 0.279. The third-order valence-corrected chi connectivity index (χ3v) is 4.87. The van der Waals surface area contributed by atoms with Crippen LogP contribution in [0.2, 0.25) is 0 Å². The third kappa shape index (κ3) is 3.61. The fourth-order valence-electron chi connectivity index (χ4n) is 3.27. The number of nitrogens with two attached hydrogens (primary N) is 1. The highest BCUT2D eigenvalue weighted by Crippen LogP contribution is 2.27. The number of benzene rings is 2. The molecule has 7 nitrogen and oxygen atoms in total. The maximum atomic E-state index is 12.2. The van der Waals surface area contributed by atoms with E-state index in [0.29, 0.717) is 27.7 Å². The van der Waals surface area contributed by atoms with Crippen molar-refractivity contribution in [2.24, 2.45) is 5.84 Å². The molecule has 4 rings (SSSR count). The van der Waals surface area contributed by atoms with Gasteiger partial charge in [-0.3, -0.25) is 20.0 Å². The number of carbonyl (C=O) groups excluding carboxylic acids is 2. The first-order chi connectivity index (χ1) is 14.6. The minimum atomic E-state index is -0.399. The van der Waals surface area contributed by atoms with Gasteiger partial charge in [0, 0.05) is 36.0 Å². The van der Waals surface area contributed by atoms with Crippen LogP contribution >= 0.6 is 0 Å². The molecule has 0 bridgehead atoms. The number of aromatic nitrogens is 2. The van der Waals surface area contributed by atoms with Gasteiger partial charge in [-0.25, -0.2) is 10.8 Å². The monoisotopic (exact) mass is 397 g/mol. The number of hydrazine groups is 1. The molecule has 2 heterocycles. The van der Waals surface area contributed by atoms with Crippen LogP contribution in [0.5, 0.6) is 0 Å². The van der Waals surface area contributed by atoms with Crippen LogP contribution in [0.1, 0.15) is 20.7 Å². The van der Waals surface area contributed by atoms with E-state index < -0.39 is 5.91 Å². The molecular weight excluding hydrogens is 378 g/mol. The molecule has 30 heavy (non-hydrogen) atoms. The van der Waals surface area contributed by atoms with Crippen molar-refractivity contribution in [1.82, 2.24) is 20.7 Å². The molecule has 0 atom stereocenters. The summed E-state index contributed by atoms with van der Waals surface area (Å²) in [7, 11) is 1.61. The first-order valence-corrected chi connectivity index (χ1v) is 9.29. The number of hydrogen-bond acceptors (Lipinski definition) is 5. The summed E-state index contributed by atoms with van der Waals surface area (Å²) in [5, 5.41) is 3.25. The first-order valence-electron chi connectivity index (χ1n) is 9.29. The van der Waals surface area contributed by atoms with Crippen molar-refractivity contribution < 1.29 is 9.59 Å². The number of pyridine rings is 2. The van der Waals surface area contributed by atoms with Crippen LogP contribution in [-0.4, -0.2) is 28.8 Å². The summed E-state index contributed by atoms with van der Waals surface area (Å²) in [6, 6.07) is 18.7. The molecule has 0 aliphatic heterocycles. The van der Waals surface area contributed by atoms with Gasteiger partial charge in [0.1, 0.15) is 0 Å². The Morgan fingerprint density at radius 2 is 1.50 bits per heavy atom. The molecule has 2 aromatic heterocycles. The molecular formula is C23H19N5O2. The second-order valence-corrected chi connectivity index (χ2v) is 6.66. The second-order valence-electron chi connectivity index (χ2n) is 6.66. The van der Waals surface area contributed by atoms with Crippen LogP contribution in [0.4, 0.5) is 0 Å². The first kappa shape index (κ1) is 19.2. The molecule has 7 heteroatoms. The van der Waals surface area contributed by atoms with Gasteiger partial charge in [-0.1, -0.05) is 36.4 Å². The van der Waals surface area contributed by atoms with E-state index >= 15 is 0 Å². The fraction of sp³-hybridized carbons (Fsp3) is 0.0435. The number of nitrogen functional groups attached to an aromatic ring is 1. The van der Waals surface area contributed by atoms with Crippen LogP contribution < -0.4 is 16.6 Å². The van der Waals surface area contributed by atoms with Crippen molar-refractivity contribution in [3.8, 4) is 22.4 Å². The van der Waals surface area contributed by atoms with Gasteiger partial charge in [-0.2, -0.15) is 0 Å². The highest BCUT2D eigenvalue weighted by molar-refractivity contribution is 6.06. The van der Waals surface area contributed by atoms with Gasteiger partial charge in [0.05, 0.1) is 16.8 Å². The standard InChI is InChI=1S/C23H19N5O2/c1-25-22(29)17-8-4-15(5-9-17)14-2-6-16(7-3-14)21-12-18(23(30)28-24)19-13-26-11-10-20(19)27-21/h2-13H,24H2,1H3,(H,25,29)(H,28,30). The van der Waals surface area contributed by atoms with Gasteiger partial charge in [0.15, 0.2) is 0 Å². The summed E-state index contributed by atoms with van der Waals surface area (Å²) in [5.74, 6) is 4.82. The van der Waals surface area contributed by atoms with Gasteiger partial charge in [-0.15, -0.1) is 0 Å². The molecule has 0 spiro atoms. The average molecular weight is 397 g/mol. The van der Waals surface area contributed by atoms with Gasteiger partial charge in [0.2, 0.25) is 0 Å². The number of carbonyl (C=O) groups is 2. The predicted octanol–water partition coefficient (Wildman–Crippen LogP) is 2.93. The van der Waals surface area contributed by atoms with Gasteiger partial charge < -0.3 is 5.32 Å². The molecule has 2 amide bonds. The Labute approximate surface area is 172 Å². The molecule has 148 valence electrons. The van der Waals surface area contributed by atoms with E-state index in [1.807, 2.05) is 36.4 Å². The lowest BCUT2D eigenvalue weighted by Crippen LogP contribution is -2.30. The van der Waals surface area contributed by atoms with E-state index in [1.165, 1.54) is 0 Å². The summed E-state index contributed by atoms with van der Waals surface area (Å²) in [6.07, 6.45) is 3.23. The Bertz CT molecular complexity index is 1230. The maximum Gasteiger partial charge on any atom is 0.265 e. The molecule has 0 unspecified atom stereocenters. The minimum Gasteiger partial charge on any atom is -0.355 e. The molecule has 2 aromatic carbocycles. The zero-order valence-electron chi connectivity index (χ0n) is 16.2. The van der Waals surface area contributed by atoms with E-state index in [2.05, 4.69) is 20.7 Å². The lowest BCUT2D eigenvalue weighted by Gasteiger charge is -2.09. The largest absolute Gasteiger partial charge is 0.355 e. The lowest BCUT2D eigenvalue weighted by molar-refractivity contribution is 0.0950. The van der Waals surface area contributed by atoms with Crippen LogP contribution in [0.3, 0.4) is 0 Å². The van der Waals surface area contributed by atoms with Gasteiger partial charge >= 0.3 is 0 Å². The minimum absolute atomic E-state index is 0.119. The lowest BCUT2D eigenvalue weighted by atomic mass is 10.00. The van der Waals surface area contributed by atoms with Gasteiger partial charge in [0.25, 0.3) is 11.8 Å². The summed E-state index contributed by atoms with van der Waals surface area (Å²) < 4.78 is 0. The topological polar surface area (TPSA) is 110 Å². The van der Waals surface area contributed by atoms with Crippen LogP contribution in [-0.2, 0) is 0 Å². The Morgan fingerprint density at radius 3 is 2.13 bits per heavy atom. The summed E-state index contributed by atoms with van der Waals surface area (Å²) >= 11 is 0. The van der Waals surface area contributed by atoms with E-state index in [4.69, 9.17) is 5.84 Å². The number of amides is 2. The zero-order valence-corrected chi connectivity index (χ0v) is 16.2. The number of nitrogens with one attached hydrogen (secondary N) is 2. The smallest absolute Gasteiger partial charge is 0.265 e. The highest BCUT2D eigenvalue weighted by Gasteiger charge is 2.13. The Balaban J connectivity index is 1.70. The Kier molecular flexibility index (Phi) is 5.19. The third-order valence-electron chi connectivity index (χ3n) is 4.87. The number of fused-ring (bicyclic) bond motifs is 1. The molecule has 0 saturated carbocycles. The van der Waals surface area contributed by atoms with Crippen LogP contribution in [0.25, 0.3) is 33.3 Å². The van der Waals surface area contributed by atoms with Crippen molar-refractivity contribution >= 4 is 22.7 Å². The molecule has 4 N–H and O–H groups in total. The SMILES string of the molecule is CNC(=O)c1ccc(-c2ccc(-c3cc(C(=O)NN)c4cnccc4n3)cc2)cc1. The number of rotatable bonds is 4. The fourth-order valence-corrected chi connectivity index (χ4v) is 3.27. The summed E-state index contributed by atoms with van der Waals surface area (Å²) in [6.45, 7) is 0. The highest BCUT2D eigenvalue weighted by atomic mass is 16.2. The van der Waals surface area contributed by atoms with E-state index in [0.717, 1.165) is 16.7 Å². The van der Waals surface area contributed by atoms with E-state index in [1.54, 1.807) is 43.7 Å². The zero-order chi connectivity index (χ0) is 21.1. The Morgan fingerprint density at radius 1 is 0.867 bits per heavy atom. The van der Waals surface area contributed by atoms with Gasteiger partial charge in [-0.05, 0) is 35.4 Å². The number of hydrogen-bond donors (Lipinski definition) is 3. The Hall–Kier alpha value is -4.10. The predicted molar refractivity (Wildman–Crippen MR) is 115 cm³/mol. The molecule has 4 aromatic rings. The van der Waals surface area contributed by atoms with Crippen molar-refractivity contribution in [3.63, 3.8) is 0 Å². The normalized spacial score (nSPS) is 10.6. The average Bonchev–Trinajstić information content (AvgIpc) is 2.82. The maximum absolute atomic E-state index is 12.2. The molecule has 0 fully saturated rings. The van der Waals surface area contributed by atoms with Crippen molar-refractivity contribution in [3.05, 3.63) is 84.2 Å². The number of nitrogens with zero attached hydrogens (tertiary/aromatic N) is 2. The molecule has 0 aliphatic carbocycles. The second kappa shape index (κ2) is 8.10. The molecule has 0 saturated heterocycles. The molecule has 0 radical (unpaired) electrons. The van der Waals surface area contributed by atoms with Crippen molar-refractivity contribution in [1.29, 1.82) is 0 Å². The summed E-state index contributed by atoms with van der Waals surface area (Å²) in [4.78, 5) is 32.7. The van der Waals surface area contributed by atoms with Crippen molar-refractivity contribution in [2.45, 2.75) is 0 Å².